The van der Waals surface area contributed by atoms with E-state index in [9.17, 15) is 0 Å². The molecule has 4 nitrogen and oxygen atoms in total. The van der Waals surface area contributed by atoms with Gasteiger partial charge in [0.25, 0.3) is 0 Å². The van der Waals surface area contributed by atoms with E-state index in [4.69, 9.17) is 5.10 Å². The zero-order chi connectivity index (χ0) is 41.4. The Labute approximate surface area is 363 Å². The standard InChI is InChI=1S/C59H38N4/c1-3-18-39(19-4-1)52-38-60-63-58(40-20-5-2-6-21-40)57(50-28-7-8-29-51(50)59(52)63)42-23-17-22-41(34-42)43-35-44(61-53-30-13-9-24-46(53)47-25-10-14-31-54(47)61)37-45(36-43)62-55-32-15-11-26-48(55)49-27-12-16-33-56(49)62/h1-38H. The van der Waals surface area contributed by atoms with E-state index in [2.05, 4.69) is 238 Å². The summed E-state index contributed by atoms with van der Waals surface area (Å²) in [5.74, 6) is 0. The lowest BCUT2D eigenvalue weighted by molar-refractivity contribution is 0.976. The Morgan fingerprint density at radius 3 is 1.27 bits per heavy atom. The number of pyridine rings is 1. The Bertz CT molecular complexity index is 3670. The van der Waals surface area contributed by atoms with E-state index in [1.807, 2.05) is 6.20 Å². The first-order valence-electron chi connectivity index (χ1n) is 21.5. The number of nitrogens with zero attached hydrogens (tertiary/aromatic N) is 4. The molecule has 0 fully saturated rings. The van der Waals surface area contributed by atoms with Gasteiger partial charge in [-0.2, -0.15) is 5.10 Å². The van der Waals surface area contributed by atoms with Crippen molar-refractivity contribution in [2.24, 2.45) is 0 Å². The first-order chi connectivity index (χ1) is 31.3. The molecule has 0 bridgehead atoms. The van der Waals surface area contributed by atoms with Gasteiger partial charge < -0.3 is 9.13 Å². The summed E-state index contributed by atoms with van der Waals surface area (Å²) in [6.45, 7) is 0. The molecular formula is C59H38N4. The summed E-state index contributed by atoms with van der Waals surface area (Å²) in [4.78, 5) is 0. The fraction of sp³-hybridized carbons (Fsp3) is 0. The van der Waals surface area contributed by atoms with Gasteiger partial charge >= 0.3 is 0 Å². The van der Waals surface area contributed by atoms with Crippen LogP contribution in [0.3, 0.4) is 0 Å². The molecule has 0 radical (unpaired) electrons. The highest BCUT2D eigenvalue weighted by Crippen LogP contribution is 2.44. The number of hydrogen-bond donors (Lipinski definition) is 0. The maximum atomic E-state index is 5.18. The molecule has 0 saturated carbocycles. The van der Waals surface area contributed by atoms with Crippen LogP contribution < -0.4 is 0 Å². The van der Waals surface area contributed by atoms with E-state index >= 15 is 0 Å². The Balaban J connectivity index is 1.10. The van der Waals surface area contributed by atoms with E-state index in [1.165, 1.54) is 49.0 Å². The van der Waals surface area contributed by atoms with Crippen molar-refractivity contribution in [3.05, 3.63) is 231 Å². The molecule has 294 valence electrons. The predicted molar refractivity (Wildman–Crippen MR) is 263 cm³/mol. The van der Waals surface area contributed by atoms with E-state index in [1.54, 1.807) is 0 Å². The monoisotopic (exact) mass is 802 g/mol. The van der Waals surface area contributed by atoms with Crippen molar-refractivity contribution in [2.75, 3.05) is 0 Å². The highest BCUT2D eigenvalue weighted by Gasteiger charge is 2.23. The smallest absolute Gasteiger partial charge is 0.0826 e. The minimum absolute atomic E-state index is 1.06. The summed E-state index contributed by atoms with van der Waals surface area (Å²) in [6.07, 6.45) is 2.03. The Morgan fingerprint density at radius 1 is 0.302 bits per heavy atom. The summed E-state index contributed by atoms with van der Waals surface area (Å²) >= 11 is 0. The van der Waals surface area contributed by atoms with Gasteiger partial charge in [0.15, 0.2) is 0 Å². The van der Waals surface area contributed by atoms with E-state index < -0.39 is 0 Å². The fourth-order valence-corrected chi connectivity index (χ4v) is 10.2. The highest BCUT2D eigenvalue weighted by molar-refractivity contribution is 6.14. The third kappa shape index (κ3) is 5.45. The van der Waals surface area contributed by atoms with Crippen LogP contribution in [0.4, 0.5) is 0 Å². The van der Waals surface area contributed by atoms with Gasteiger partial charge in [-0.15, -0.1) is 0 Å². The molecule has 63 heavy (non-hydrogen) atoms. The van der Waals surface area contributed by atoms with Gasteiger partial charge in [0.1, 0.15) is 0 Å². The molecule has 13 rings (SSSR count). The lowest BCUT2D eigenvalue weighted by Crippen LogP contribution is -2.01. The number of para-hydroxylation sites is 4. The SMILES string of the molecule is c1ccc(-c2cnn3c(-c4ccccc4)c(-c4cccc(-c5cc(-n6c7ccccc7c7ccccc76)cc(-n6c7ccccc7c7ccccc76)c5)c4)c4ccccc4c23)cc1. The highest BCUT2D eigenvalue weighted by atomic mass is 15.2. The van der Waals surface area contributed by atoms with Gasteiger partial charge in [-0.05, 0) is 76.2 Å². The summed E-state index contributed by atoms with van der Waals surface area (Å²) in [7, 11) is 0. The zero-order valence-corrected chi connectivity index (χ0v) is 34.2. The van der Waals surface area contributed by atoms with Crippen LogP contribution in [0.25, 0.3) is 116 Å². The Hall–Kier alpha value is -8.47. The zero-order valence-electron chi connectivity index (χ0n) is 34.2. The molecule has 4 heteroatoms. The first kappa shape index (κ1) is 35.3. The molecular weight excluding hydrogens is 765 g/mol. The Morgan fingerprint density at radius 2 is 0.730 bits per heavy atom. The average molecular weight is 803 g/mol. The average Bonchev–Trinajstić information content (AvgIpc) is 4.05. The Kier molecular flexibility index (Phi) is 7.87. The van der Waals surface area contributed by atoms with Crippen LogP contribution >= 0.6 is 0 Å². The number of hydrogen-bond acceptors (Lipinski definition) is 1. The van der Waals surface area contributed by atoms with Gasteiger partial charge in [-0.1, -0.05) is 176 Å². The van der Waals surface area contributed by atoms with E-state index in [-0.39, 0.29) is 0 Å². The largest absolute Gasteiger partial charge is 0.309 e. The summed E-state index contributed by atoms with van der Waals surface area (Å²) in [6, 6.07) is 81.4. The second kappa shape index (κ2) is 14.1. The number of rotatable bonds is 6. The van der Waals surface area contributed by atoms with Gasteiger partial charge in [0.2, 0.25) is 0 Å². The van der Waals surface area contributed by atoms with Crippen LogP contribution in [-0.4, -0.2) is 18.7 Å². The quantitative estimate of drug-likeness (QED) is 0.165. The molecule has 0 aliphatic rings. The maximum Gasteiger partial charge on any atom is 0.0826 e. The maximum absolute atomic E-state index is 5.18. The molecule has 0 N–H and O–H groups in total. The third-order valence-electron chi connectivity index (χ3n) is 12.9. The van der Waals surface area contributed by atoms with Crippen molar-refractivity contribution in [2.45, 2.75) is 0 Å². The molecule has 0 atom stereocenters. The van der Waals surface area contributed by atoms with Crippen LogP contribution in [-0.2, 0) is 0 Å². The molecule has 0 saturated heterocycles. The molecule has 0 spiro atoms. The topological polar surface area (TPSA) is 27.2 Å². The molecule has 0 aliphatic heterocycles. The van der Waals surface area contributed by atoms with Gasteiger partial charge in [-0.25, -0.2) is 4.52 Å². The van der Waals surface area contributed by atoms with Crippen molar-refractivity contribution in [3.63, 3.8) is 0 Å². The van der Waals surface area contributed by atoms with Crippen LogP contribution in [0.1, 0.15) is 0 Å². The first-order valence-corrected chi connectivity index (χ1v) is 21.5. The predicted octanol–water partition coefficient (Wildman–Crippen LogP) is 15.3. The summed E-state index contributed by atoms with van der Waals surface area (Å²) < 4.78 is 7.05. The molecule has 0 unspecified atom stereocenters. The lowest BCUT2D eigenvalue weighted by atomic mass is 9.90. The van der Waals surface area contributed by atoms with Crippen molar-refractivity contribution in [3.8, 4) is 56.0 Å². The van der Waals surface area contributed by atoms with E-state index in [0.29, 0.717) is 0 Å². The molecule has 9 aromatic carbocycles. The number of benzene rings is 9. The van der Waals surface area contributed by atoms with E-state index in [0.717, 1.165) is 66.9 Å². The van der Waals surface area contributed by atoms with Crippen molar-refractivity contribution in [1.82, 2.24) is 18.7 Å². The van der Waals surface area contributed by atoms with Crippen LogP contribution in [0.5, 0.6) is 0 Å². The molecule has 4 aromatic heterocycles. The number of fused-ring (bicyclic) bond motifs is 9. The molecule has 13 aromatic rings. The summed E-state index contributed by atoms with van der Waals surface area (Å²) in [5.41, 5.74) is 17.0. The second-order valence-corrected chi connectivity index (χ2v) is 16.4. The van der Waals surface area contributed by atoms with Gasteiger partial charge in [-0.3, -0.25) is 0 Å². The normalized spacial score (nSPS) is 11.8. The van der Waals surface area contributed by atoms with Crippen LogP contribution in [0, 0.1) is 0 Å². The fourth-order valence-electron chi connectivity index (χ4n) is 10.2. The van der Waals surface area contributed by atoms with Gasteiger partial charge in [0.05, 0.1) is 39.5 Å². The summed E-state index contributed by atoms with van der Waals surface area (Å²) in [5, 5.41) is 12.5. The van der Waals surface area contributed by atoms with Gasteiger partial charge in [0, 0.05) is 55.0 Å². The third-order valence-corrected chi connectivity index (χ3v) is 12.9. The number of aromatic nitrogens is 4. The van der Waals surface area contributed by atoms with Crippen LogP contribution in [0.2, 0.25) is 0 Å². The lowest BCUT2D eigenvalue weighted by Gasteiger charge is -2.19. The van der Waals surface area contributed by atoms with Crippen molar-refractivity contribution in [1.29, 1.82) is 0 Å². The molecule has 0 aliphatic carbocycles. The molecule has 0 amide bonds. The van der Waals surface area contributed by atoms with Crippen molar-refractivity contribution >= 4 is 59.9 Å². The van der Waals surface area contributed by atoms with Crippen molar-refractivity contribution < 1.29 is 0 Å². The minimum atomic E-state index is 1.06. The minimum Gasteiger partial charge on any atom is -0.309 e. The van der Waals surface area contributed by atoms with Crippen LogP contribution in [0.15, 0.2) is 231 Å². The second-order valence-electron chi connectivity index (χ2n) is 16.4. The molecule has 4 heterocycles.